The molecule has 0 saturated heterocycles. The molecule has 0 unspecified atom stereocenters. The van der Waals surface area contributed by atoms with E-state index in [2.05, 4.69) is 57.0 Å². The average molecular weight is 584 g/mol. The fourth-order valence-electron chi connectivity index (χ4n) is 5.36. The van der Waals surface area contributed by atoms with Crippen LogP contribution in [0.25, 0.3) is 32.8 Å². The number of aromatic nitrogens is 3. The van der Waals surface area contributed by atoms with Gasteiger partial charge in [0, 0.05) is 28.9 Å². The van der Waals surface area contributed by atoms with Crippen LogP contribution >= 0.6 is 0 Å². The molecular weight excluding hydrogens is 542 g/mol. The molecule has 0 spiro atoms. The number of ether oxygens (including phenoxy) is 1. The number of carboxylic acids is 1. The molecule has 0 aliphatic carbocycles. The first-order valence-corrected chi connectivity index (χ1v) is 17.4. The van der Waals surface area contributed by atoms with E-state index in [4.69, 9.17) is 14.3 Å². The van der Waals surface area contributed by atoms with Gasteiger partial charge in [0.05, 0.1) is 30.1 Å². The predicted molar refractivity (Wildman–Crippen MR) is 172 cm³/mol. The summed E-state index contributed by atoms with van der Waals surface area (Å²) in [6.07, 6.45) is 1.25. The molecule has 2 aromatic heterocycles. The van der Waals surface area contributed by atoms with Gasteiger partial charge in [0.2, 0.25) is 0 Å². The fraction of sp³-hybridized carbons (Fsp3) is 0.353. The first-order valence-electron chi connectivity index (χ1n) is 14.5. The van der Waals surface area contributed by atoms with Crippen LogP contribution in [-0.4, -0.2) is 40.8 Å². The highest BCUT2D eigenvalue weighted by Crippen LogP contribution is 2.39. The molecule has 0 amide bonds. The Balaban J connectivity index is 1.44. The van der Waals surface area contributed by atoms with E-state index in [1.165, 1.54) is 0 Å². The summed E-state index contributed by atoms with van der Waals surface area (Å²) in [6, 6.07) is 20.2. The highest BCUT2D eigenvalue weighted by Gasteiger charge is 2.37. The second kappa shape index (κ2) is 11.4. The van der Waals surface area contributed by atoms with Gasteiger partial charge in [0.1, 0.15) is 11.4 Å². The van der Waals surface area contributed by atoms with Crippen LogP contribution in [0.1, 0.15) is 54.6 Å². The summed E-state index contributed by atoms with van der Waals surface area (Å²) in [5, 5.41) is 18.1. The Hall–Kier alpha value is -3.88. The lowest BCUT2D eigenvalue weighted by Crippen LogP contribution is -2.40. The van der Waals surface area contributed by atoms with Gasteiger partial charge < -0.3 is 19.3 Å². The SMILES string of the molecule is Cc1nn(C)c(CO[Si](C)(C)C(C)(C)C)c1-c1cccc2c(CCCOc3cccc4ccccc34)c(C(=O)O)[nH]c12. The molecule has 42 heavy (non-hydrogen) atoms. The summed E-state index contributed by atoms with van der Waals surface area (Å²) >= 11 is 0. The van der Waals surface area contributed by atoms with Gasteiger partial charge in [-0.1, -0.05) is 75.4 Å². The van der Waals surface area contributed by atoms with Crippen LogP contribution in [0.15, 0.2) is 60.7 Å². The number of fused-ring (bicyclic) bond motifs is 2. The molecule has 220 valence electrons. The highest BCUT2D eigenvalue weighted by atomic mass is 28.4. The average Bonchev–Trinajstić information content (AvgIpc) is 3.45. The Morgan fingerprint density at radius 2 is 1.71 bits per heavy atom. The molecule has 0 aliphatic heterocycles. The largest absolute Gasteiger partial charge is 0.493 e. The van der Waals surface area contributed by atoms with Crippen molar-refractivity contribution >= 4 is 36.0 Å². The quantitative estimate of drug-likeness (QED) is 0.128. The molecular formula is C34H41N3O4Si. The maximum atomic E-state index is 12.4. The third-order valence-electron chi connectivity index (χ3n) is 8.72. The molecule has 8 heteroatoms. The van der Waals surface area contributed by atoms with Crippen LogP contribution in [0.3, 0.4) is 0 Å². The van der Waals surface area contributed by atoms with Crippen molar-refractivity contribution in [2.24, 2.45) is 7.05 Å². The van der Waals surface area contributed by atoms with Gasteiger partial charge >= 0.3 is 5.97 Å². The van der Waals surface area contributed by atoms with E-state index in [-0.39, 0.29) is 10.7 Å². The molecule has 3 aromatic carbocycles. The lowest BCUT2D eigenvalue weighted by Gasteiger charge is -2.36. The van der Waals surface area contributed by atoms with E-state index in [0.717, 1.165) is 55.5 Å². The number of aryl methyl sites for hydroxylation is 3. The Morgan fingerprint density at radius 3 is 2.45 bits per heavy atom. The predicted octanol–water partition coefficient (Wildman–Crippen LogP) is 8.26. The standard InChI is InChI=1S/C34H41N3O4Si/c1-22-30(28(37(5)36-22)21-41-42(6,7)34(2,3)4)27-17-11-16-25-26(32(33(38)39)35-31(25)27)18-12-20-40-29-19-10-14-23-13-8-9-15-24(23)29/h8-11,13-17,19,35H,12,18,20-21H2,1-7H3,(H,38,39). The number of para-hydroxylation sites is 1. The minimum Gasteiger partial charge on any atom is -0.493 e. The van der Waals surface area contributed by atoms with Crippen molar-refractivity contribution in [1.29, 1.82) is 0 Å². The van der Waals surface area contributed by atoms with Crippen LogP contribution in [0, 0.1) is 6.92 Å². The molecule has 0 bridgehead atoms. The summed E-state index contributed by atoms with van der Waals surface area (Å²) in [6.45, 7) is 14.1. The lowest BCUT2D eigenvalue weighted by molar-refractivity contribution is 0.0690. The van der Waals surface area contributed by atoms with Crippen LogP contribution in [0.2, 0.25) is 18.1 Å². The molecule has 0 saturated carbocycles. The van der Waals surface area contributed by atoms with Crippen molar-refractivity contribution < 1.29 is 19.1 Å². The molecule has 0 radical (unpaired) electrons. The van der Waals surface area contributed by atoms with Crippen LogP contribution in [0.4, 0.5) is 0 Å². The number of nitrogens with one attached hydrogen (secondary N) is 1. The smallest absolute Gasteiger partial charge is 0.352 e. The molecule has 0 atom stereocenters. The van der Waals surface area contributed by atoms with Crippen LogP contribution in [-0.2, 0) is 24.5 Å². The van der Waals surface area contributed by atoms with E-state index in [1.54, 1.807) is 0 Å². The summed E-state index contributed by atoms with van der Waals surface area (Å²) in [7, 11) is -0.0516. The second-order valence-electron chi connectivity index (χ2n) is 12.5. The van der Waals surface area contributed by atoms with Crippen molar-refractivity contribution in [2.45, 2.75) is 65.3 Å². The Kier molecular flexibility index (Phi) is 8.05. The van der Waals surface area contributed by atoms with E-state index in [9.17, 15) is 9.90 Å². The van der Waals surface area contributed by atoms with Crippen molar-refractivity contribution in [2.75, 3.05) is 6.61 Å². The summed E-state index contributed by atoms with van der Waals surface area (Å²) in [5.41, 5.74) is 5.63. The molecule has 5 aromatic rings. The van der Waals surface area contributed by atoms with Gasteiger partial charge in [-0.2, -0.15) is 5.10 Å². The number of carbonyl (C=O) groups is 1. The molecule has 0 aliphatic rings. The summed E-state index contributed by atoms with van der Waals surface area (Å²) in [5.74, 6) is -0.126. The van der Waals surface area contributed by atoms with Crippen molar-refractivity contribution in [3.63, 3.8) is 0 Å². The van der Waals surface area contributed by atoms with Gasteiger partial charge in [-0.25, -0.2) is 4.79 Å². The second-order valence-corrected chi connectivity index (χ2v) is 17.3. The molecule has 2 N–H and O–H groups in total. The fourth-order valence-corrected chi connectivity index (χ4v) is 6.29. The molecule has 5 rings (SSSR count). The topological polar surface area (TPSA) is 89.4 Å². The first kappa shape index (κ1) is 29.6. The molecule has 2 heterocycles. The Bertz CT molecular complexity index is 1760. The highest BCUT2D eigenvalue weighted by molar-refractivity contribution is 6.74. The van der Waals surface area contributed by atoms with Gasteiger partial charge in [-0.3, -0.25) is 4.68 Å². The van der Waals surface area contributed by atoms with Crippen LogP contribution in [0.5, 0.6) is 5.75 Å². The third-order valence-corrected chi connectivity index (χ3v) is 13.2. The number of benzene rings is 3. The third kappa shape index (κ3) is 5.61. The number of rotatable bonds is 10. The van der Waals surface area contributed by atoms with Crippen molar-refractivity contribution in [1.82, 2.24) is 14.8 Å². The maximum Gasteiger partial charge on any atom is 0.352 e. The van der Waals surface area contributed by atoms with E-state index >= 15 is 0 Å². The van der Waals surface area contributed by atoms with Gasteiger partial charge in [-0.05, 0) is 54.9 Å². The zero-order valence-corrected chi connectivity index (χ0v) is 26.7. The van der Waals surface area contributed by atoms with Gasteiger partial charge in [0.25, 0.3) is 0 Å². The van der Waals surface area contributed by atoms with Gasteiger partial charge in [-0.15, -0.1) is 0 Å². The van der Waals surface area contributed by atoms with Crippen molar-refractivity contribution in [3.05, 3.63) is 83.3 Å². The zero-order chi connectivity index (χ0) is 30.2. The zero-order valence-electron chi connectivity index (χ0n) is 25.7. The number of aromatic amines is 1. The lowest BCUT2D eigenvalue weighted by atomic mass is 9.98. The minimum absolute atomic E-state index is 0.0862. The molecule has 7 nitrogen and oxygen atoms in total. The number of nitrogens with zero attached hydrogens (tertiary/aromatic N) is 2. The number of hydrogen-bond acceptors (Lipinski definition) is 4. The number of aromatic carboxylic acids is 1. The Morgan fingerprint density at radius 1 is 1.02 bits per heavy atom. The monoisotopic (exact) mass is 583 g/mol. The maximum absolute atomic E-state index is 12.4. The van der Waals surface area contributed by atoms with Gasteiger partial charge in [0.15, 0.2) is 8.32 Å². The Labute approximate surface area is 248 Å². The molecule has 0 fully saturated rings. The normalized spacial score (nSPS) is 12.4. The van der Waals surface area contributed by atoms with E-state index in [1.807, 2.05) is 61.1 Å². The van der Waals surface area contributed by atoms with E-state index in [0.29, 0.717) is 26.1 Å². The van der Waals surface area contributed by atoms with Crippen LogP contribution < -0.4 is 4.74 Å². The van der Waals surface area contributed by atoms with Crippen molar-refractivity contribution in [3.8, 4) is 16.9 Å². The first-order chi connectivity index (χ1) is 19.9. The summed E-state index contributed by atoms with van der Waals surface area (Å²) < 4.78 is 14.7. The minimum atomic E-state index is -2.00. The number of carboxylic acid groups (broad SMARTS) is 1. The number of H-pyrrole nitrogens is 1. The summed E-state index contributed by atoms with van der Waals surface area (Å²) in [4.78, 5) is 15.7. The number of hydrogen-bond donors (Lipinski definition) is 2. The van der Waals surface area contributed by atoms with E-state index < -0.39 is 14.3 Å².